The van der Waals surface area contributed by atoms with E-state index in [2.05, 4.69) is 31.2 Å². The van der Waals surface area contributed by atoms with Gasteiger partial charge in [0.05, 0.1) is 19.3 Å². The van der Waals surface area contributed by atoms with Gasteiger partial charge in [-0.3, -0.25) is 0 Å². The van der Waals surface area contributed by atoms with Gasteiger partial charge in [0.2, 0.25) is 0 Å². The lowest BCUT2D eigenvalue weighted by molar-refractivity contribution is -0.00213. The van der Waals surface area contributed by atoms with E-state index in [0.717, 1.165) is 19.0 Å². The summed E-state index contributed by atoms with van der Waals surface area (Å²) in [5.41, 5.74) is 1.39. The Morgan fingerprint density at radius 3 is 2.48 bits per heavy atom. The summed E-state index contributed by atoms with van der Waals surface area (Å²) < 4.78 is 11.6. The van der Waals surface area contributed by atoms with Crippen molar-refractivity contribution < 1.29 is 9.47 Å². The highest BCUT2D eigenvalue weighted by atomic mass is 16.5. The van der Waals surface area contributed by atoms with E-state index in [1.165, 1.54) is 50.5 Å². The fraction of sp³-hybridized carbons (Fsp3) is 0.684. The molecule has 0 amide bonds. The maximum Gasteiger partial charge on any atom is 0.119 e. The molecule has 2 heteroatoms. The van der Waals surface area contributed by atoms with Crippen LogP contribution in [-0.2, 0) is 4.74 Å². The van der Waals surface area contributed by atoms with Crippen LogP contribution in [-0.4, -0.2) is 19.3 Å². The van der Waals surface area contributed by atoms with E-state index in [-0.39, 0.29) is 0 Å². The van der Waals surface area contributed by atoms with Gasteiger partial charge in [-0.25, -0.2) is 0 Å². The third-order valence-electron chi connectivity index (χ3n) is 4.41. The average molecular weight is 290 g/mol. The first-order chi connectivity index (χ1) is 10.3. The van der Waals surface area contributed by atoms with Crippen LogP contribution in [0.25, 0.3) is 0 Å². The lowest BCUT2D eigenvalue weighted by Gasteiger charge is -2.29. The van der Waals surface area contributed by atoms with E-state index < -0.39 is 0 Å². The summed E-state index contributed by atoms with van der Waals surface area (Å²) in [5, 5.41) is 0. The van der Waals surface area contributed by atoms with Crippen LogP contribution < -0.4 is 4.74 Å². The molecule has 0 radical (unpaired) electrons. The van der Waals surface area contributed by atoms with Crippen LogP contribution in [0.2, 0.25) is 0 Å². The van der Waals surface area contributed by atoms with Crippen LogP contribution in [0.15, 0.2) is 24.3 Å². The van der Waals surface area contributed by atoms with Gasteiger partial charge < -0.3 is 9.47 Å². The number of ether oxygens (including phenoxy) is 2. The van der Waals surface area contributed by atoms with E-state index in [1.807, 2.05) is 6.92 Å². The molecule has 21 heavy (non-hydrogen) atoms. The van der Waals surface area contributed by atoms with Crippen LogP contribution >= 0.6 is 0 Å². The van der Waals surface area contributed by atoms with Crippen molar-refractivity contribution in [2.45, 2.75) is 70.8 Å². The van der Waals surface area contributed by atoms with Crippen LogP contribution in [0.1, 0.15) is 70.3 Å². The highest BCUT2D eigenvalue weighted by Gasteiger charge is 2.22. The molecule has 1 aromatic rings. The second kappa shape index (κ2) is 9.09. The molecule has 2 unspecified atom stereocenters. The zero-order valence-electron chi connectivity index (χ0n) is 13.6. The molecule has 2 nitrogen and oxygen atoms in total. The molecule has 1 aromatic carbocycles. The van der Waals surface area contributed by atoms with Crippen molar-refractivity contribution in [2.24, 2.45) is 0 Å². The molecule has 1 aliphatic rings. The molecule has 1 heterocycles. The lowest BCUT2D eigenvalue weighted by atomic mass is 9.90. The van der Waals surface area contributed by atoms with Crippen molar-refractivity contribution >= 4 is 0 Å². The first kappa shape index (κ1) is 16.4. The van der Waals surface area contributed by atoms with E-state index in [1.54, 1.807) is 0 Å². The molecule has 2 atom stereocenters. The summed E-state index contributed by atoms with van der Waals surface area (Å²) in [5.74, 6) is 1.53. The van der Waals surface area contributed by atoms with Crippen LogP contribution in [0.3, 0.4) is 0 Å². The van der Waals surface area contributed by atoms with Crippen molar-refractivity contribution in [3.63, 3.8) is 0 Å². The molecule has 0 bridgehead atoms. The van der Waals surface area contributed by atoms with Gasteiger partial charge in [-0.15, -0.1) is 0 Å². The Kier molecular flexibility index (Phi) is 7.08. The minimum atomic E-state index is 0.501. The van der Waals surface area contributed by atoms with Crippen LogP contribution in [0.4, 0.5) is 0 Å². The van der Waals surface area contributed by atoms with Gasteiger partial charge >= 0.3 is 0 Å². The minimum absolute atomic E-state index is 0.501. The summed E-state index contributed by atoms with van der Waals surface area (Å²) in [7, 11) is 0. The van der Waals surface area contributed by atoms with Gasteiger partial charge in [0.1, 0.15) is 5.75 Å². The predicted molar refractivity (Wildman–Crippen MR) is 88.1 cm³/mol. The number of hydrogen-bond acceptors (Lipinski definition) is 2. The number of rotatable bonds is 8. The zero-order valence-corrected chi connectivity index (χ0v) is 13.6. The minimum Gasteiger partial charge on any atom is -0.494 e. The molecule has 0 spiro atoms. The van der Waals surface area contributed by atoms with E-state index in [0.29, 0.717) is 12.0 Å². The van der Waals surface area contributed by atoms with E-state index in [4.69, 9.17) is 9.47 Å². The predicted octanol–water partition coefficient (Wildman–Crippen LogP) is 5.32. The maximum absolute atomic E-state index is 6.07. The first-order valence-corrected chi connectivity index (χ1v) is 8.67. The topological polar surface area (TPSA) is 18.5 Å². The van der Waals surface area contributed by atoms with Crippen LogP contribution in [0, 0.1) is 0 Å². The number of benzene rings is 1. The molecular formula is C19H30O2. The quantitative estimate of drug-likeness (QED) is 0.603. The molecule has 0 N–H and O–H groups in total. The van der Waals surface area contributed by atoms with Crippen molar-refractivity contribution in [3.05, 3.63) is 29.8 Å². The summed E-state index contributed by atoms with van der Waals surface area (Å²) in [6.07, 6.45) is 9.57. The molecule has 0 saturated carbocycles. The summed E-state index contributed by atoms with van der Waals surface area (Å²) >= 11 is 0. The standard InChI is InChI=1S/C19H30O2/c1-3-5-6-7-8-18-14-11-17(15-21-18)16-9-12-19(13-10-16)20-4-2/h9-10,12-13,17-18H,3-8,11,14-15H2,1-2H3. The lowest BCUT2D eigenvalue weighted by Crippen LogP contribution is -2.24. The third-order valence-corrected chi connectivity index (χ3v) is 4.41. The van der Waals surface area contributed by atoms with Crippen molar-refractivity contribution in [1.29, 1.82) is 0 Å². The van der Waals surface area contributed by atoms with Gasteiger partial charge in [0.25, 0.3) is 0 Å². The van der Waals surface area contributed by atoms with Crippen molar-refractivity contribution in [2.75, 3.05) is 13.2 Å². The fourth-order valence-corrected chi connectivity index (χ4v) is 3.10. The average Bonchev–Trinajstić information content (AvgIpc) is 2.53. The van der Waals surface area contributed by atoms with E-state index in [9.17, 15) is 0 Å². The van der Waals surface area contributed by atoms with Gasteiger partial charge in [-0.2, -0.15) is 0 Å². The third kappa shape index (κ3) is 5.35. The molecule has 0 aromatic heterocycles. The Bertz CT molecular complexity index is 377. The Morgan fingerprint density at radius 1 is 1.05 bits per heavy atom. The zero-order chi connectivity index (χ0) is 14.9. The molecule has 1 fully saturated rings. The molecule has 118 valence electrons. The van der Waals surface area contributed by atoms with Crippen molar-refractivity contribution in [3.8, 4) is 5.75 Å². The van der Waals surface area contributed by atoms with Gasteiger partial charge in [0.15, 0.2) is 0 Å². The molecule has 2 rings (SSSR count). The number of unbranched alkanes of at least 4 members (excludes halogenated alkanes) is 3. The van der Waals surface area contributed by atoms with E-state index >= 15 is 0 Å². The van der Waals surface area contributed by atoms with Gasteiger partial charge in [-0.1, -0.05) is 44.7 Å². The number of hydrogen-bond donors (Lipinski definition) is 0. The normalized spacial score (nSPS) is 22.2. The second-order valence-electron chi connectivity index (χ2n) is 6.08. The largest absolute Gasteiger partial charge is 0.494 e. The van der Waals surface area contributed by atoms with Gasteiger partial charge in [-0.05, 0) is 43.9 Å². The first-order valence-electron chi connectivity index (χ1n) is 8.67. The Balaban J connectivity index is 1.73. The van der Waals surface area contributed by atoms with Gasteiger partial charge in [0, 0.05) is 5.92 Å². The highest BCUT2D eigenvalue weighted by Crippen LogP contribution is 2.30. The summed E-state index contributed by atoms with van der Waals surface area (Å²) in [4.78, 5) is 0. The Morgan fingerprint density at radius 2 is 1.86 bits per heavy atom. The Labute approximate surface area is 129 Å². The smallest absolute Gasteiger partial charge is 0.119 e. The molecule has 1 aliphatic heterocycles. The summed E-state index contributed by atoms with van der Waals surface area (Å²) in [6.45, 7) is 5.89. The molecule has 1 saturated heterocycles. The Hall–Kier alpha value is -1.02. The molecule has 0 aliphatic carbocycles. The van der Waals surface area contributed by atoms with Crippen molar-refractivity contribution in [1.82, 2.24) is 0 Å². The molecular weight excluding hydrogens is 260 g/mol. The monoisotopic (exact) mass is 290 g/mol. The second-order valence-corrected chi connectivity index (χ2v) is 6.08. The fourth-order valence-electron chi connectivity index (χ4n) is 3.10. The summed E-state index contributed by atoms with van der Waals surface area (Å²) in [6, 6.07) is 8.55. The maximum atomic E-state index is 6.07. The SMILES string of the molecule is CCCCCCC1CCC(c2ccc(OCC)cc2)CO1. The highest BCUT2D eigenvalue weighted by molar-refractivity contribution is 5.29. The van der Waals surface area contributed by atoms with Crippen LogP contribution in [0.5, 0.6) is 5.75 Å².